The summed E-state index contributed by atoms with van der Waals surface area (Å²) in [4.78, 5) is 33.8. The van der Waals surface area contributed by atoms with Gasteiger partial charge in [0.25, 0.3) is 0 Å². The minimum Gasteiger partial charge on any atom is -0.477 e. The van der Waals surface area contributed by atoms with Crippen LogP contribution in [0.4, 0.5) is 0 Å². The molecule has 0 spiro atoms. The summed E-state index contributed by atoms with van der Waals surface area (Å²) < 4.78 is 0. The molecule has 1 aromatic heterocycles. The number of carboxylic acid groups (broad SMARTS) is 1. The van der Waals surface area contributed by atoms with E-state index < -0.39 is 11.5 Å². The molecule has 0 amide bonds. The number of ketones is 1. The van der Waals surface area contributed by atoms with Gasteiger partial charge >= 0.3 is 5.97 Å². The van der Waals surface area contributed by atoms with Crippen molar-refractivity contribution < 1.29 is 14.7 Å². The summed E-state index contributed by atoms with van der Waals surface area (Å²) >= 11 is 7.24. The van der Waals surface area contributed by atoms with E-state index >= 15 is 0 Å². The summed E-state index contributed by atoms with van der Waals surface area (Å²) in [6.07, 6.45) is 3.10. The van der Waals surface area contributed by atoms with Crippen LogP contribution in [-0.2, 0) is 5.54 Å². The second kappa shape index (κ2) is 7.39. The monoisotopic (exact) mass is 422 g/mol. The minimum absolute atomic E-state index is 0.103. The molecule has 1 atom stereocenters. The molecular formula is C22H15ClN2O3S. The van der Waals surface area contributed by atoms with Crippen LogP contribution >= 0.6 is 22.9 Å². The summed E-state index contributed by atoms with van der Waals surface area (Å²) in [5, 5.41) is 10.6. The Morgan fingerprint density at radius 1 is 1.07 bits per heavy atom. The fraction of sp³-hybridized carbons (Fsp3) is 0.0909. The van der Waals surface area contributed by atoms with Gasteiger partial charge < -0.3 is 5.11 Å². The fourth-order valence-electron chi connectivity index (χ4n) is 3.15. The second-order valence-electron chi connectivity index (χ2n) is 6.68. The molecule has 1 N–H and O–H groups in total. The number of benzene rings is 2. The lowest BCUT2D eigenvalue weighted by molar-refractivity contribution is 0.0699. The van der Waals surface area contributed by atoms with Crippen molar-refractivity contribution in [2.45, 2.75) is 12.5 Å². The quantitative estimate of drug-likeness (QED) is 0.568. The number of hydrogen-bond acceptors (Lipinski definition) is 5. The number of hydrogen-bond donors (Lipinski definition) is 1. The van der Waals surface area contributed by atoms with Gasteiger partial charge in [0.15, 0.2) is 5.78 Å². The number of thiazole rings is 1. The van der Waals surface area contributed by atoms with E-state index in [9.17, 15) is 14.7 Å². The number of rotatable bonds is 5. The van der Waals surface area contributed by atoms with Gasteiger partial charge in [-0.25, -0.2) is 9.78 Å². The summed E-state index contributed by atoms with van der Waals surface area (Å²) in [5.41, 5.74) is 0.813. The van der Waals surface area contributed by atoms with E-state index in [1.54, 1.807) is 37.3 Å². The molecule has 3 aromatic rings. The number of carboxylic acids is 1. The molecule has 2 heterocycles. The molecule has 0 saturated heterocycles. The maximum atomic E-state index is 12.9. The van der Waals surface area contributed by atoms with Gasteiger partial charge in [-0.1, -0.05) is 54.1 Å². The Bertz CT molecular complexity index is 1180. The van der Waals surface area contributed by atoms with Crippen LogP contribution in [-0.4, -0.2) is 28.1 Å². The van der Waals surface area contributed by atoms with Crippen molar-refractivity contribution in [3.8, 4) is 10.6 Å². The lowest BCUT2D eigenvalue weighted by atomic mass is 9.95. The predicted molar refractivity (Wildman–Crippen MR) is 114 cm³/mol. The van der Waals surface area contributed by atoms with Crippen LogP contribution in [0.3, 0.4) is 0 Å². The number of allylic oxidation sites excluding steroid dienone is 1. The van der Waals surface area contributed by atoms with Gasteiger partial charge in [-0.05, 0) is 25.1 Å². The highest BCUT2D eigenvalue weighted by Crippen LogP contribution is 2.39. The lowest BCUT2D eigenvalue weighted by Crippen LogP contribution is -2.18. The standard InChI is InChI=1S/C22H15ClN2O3S/c1-22(11-14(12-24-22)17(26)15-9-5-6-10-16(15)23)19-18(21(27)28)29-20(25-19)13-7-3-2-4-8-13/h2-12H,1H3,(H,27,28). The van der Waals surface area contributed by atoms with Crippen molar-refractivity contribution in [2.24, 2.45) is 4.99 Å². The molecule has 1 unspecified atom stereocenters. The zero-order chi connectivity index (χ0) is 20.6. The van der Waals surface area contributed by atoms with E-state index in [1.807, 2.05) is 30.3 Å². The minimum atomic E-state index is -1.07. The zero-order valence-electron chi connectivity index (χ0n) is 15.3. The van der Waals surface area contributed by atoms with E-state index in [-0.39, 0.29) is 10.7 Å². The first-order valence-electron chi connectivity index (χ1n) is 8.76. The van der Waals surface area contributed by atoms with Crippen LogP contribution in [0, 0.1) is 0 Å². The molecule has 5 nitrogen and oxygen atoms in total. The molecular weight excluding hydrogens is 408 g/mol. The van der Waals surface area contributed by atoms with E-state index in [4.69, 9.17) is 11.6 Å². The van der Waals surface area contributed by atoms with Crippen LogP contribution in [0.25, 0.3) is 10.6 Å². The molecule has 144 valence electrons. The highest BCUT2D eigenvalue weighted by Gasteiger charge is 2.37. The van der Waals surface area contributed by atoms with Crippen molar-refractivity contribution in [1.82, 2.24) is 4.98 Å². The van der Waals surface area contributed by atoms with Crippen LogP contribution in [0.1, 0.15) is 32.6 Å². The van der Waals surface area contributed by atoms with Gasteiger partial charge in [0.1, 0.15) is 15.4 Å². The normalized spacial score (nSPS) is 17.9. The Morgan fingerprint density at radius 3 is 2.45 bits per heavy atom. The maximum absolute atomic E-state index is 12.9. The summed E-state index contributed by atoms with van der Waals surface area (Å²) in [6, 6.07) is 16.1. The Labute approximate surface area is 176 Å². The average molecular weight is 423 g/mol. The number of aliphatic imine (C=N–C) groups is 1. The highest BCUT2D eigenvalue weighted by molar-refractivity contribution is 7.17. The molecule has 0 saturated carbocycles. The predicted octanol–water partition coefficient (Wildman–Crippen LogP) is 5.27. The smallest absolute Gasteiger partial charge is 0.347 e. The van der Waals surface area contributed by atoms with Gasteiger partial charge in [-0.3, -0.25) is 9.79 Å². The SMILES string of the molecule is CC1(c2nc(-c3ccccc3)sc2C(=O)O)C=C(C(=O)c2ccccc2Cl)C=N1. The van der Waals surface area contributed by atoms with Crippen molar-refractivity contribution in [3.05, 3.63) is 87.4 Å². The molecule has 0 fully saturated rings. The number of nitrogens with zero attached hydrogens (tertiary/aromatic N) is 2. The Kier molecular flexibility index (Phi) is 4.90. The van der Waals surface area contributed by atoms with Crippen LogP contribution in [0.2, 0.25) is 5.02 Å². The van der Waals surface area contributed by atoms with Crippen LogP contribution < -0.4 is 0 Å². The van der Waals surface area contributed by atoms with E-state index in [0.29, 0.717) is 26.9 Å². The fourth-order valence-corrected chi connectivity index (χ4v) is 4.39. The van der Waals surface area contributed by atoms with E-state index in [2.05, 4.69) is 9.98 Å². The molecule has 29 heavy (non-hydrogen) atoms. The summed E-state index contributed by atoms with van der Waals surface area (Å²) in [5.74, 6) is -1.34. The van der Waals surface area contributed by atoms with Crippen molar-refractivity contribution in [3.63, 3.8) is 0 Å². The topological polar surface area (TPSA) is 79.6 Å². The number of halogens is 1. The Balaban J connectivity index is 1.76. The summed E-state index contributed by atoms with van der Waals surface area (Å²) in [6.45, 7) is 1.74. The first-order valence-corrected chi connectivity index (χ1v) is 9.96. The van der Waals surface area contributed by atoms with E-state index in [1.165, 1.54) is 6.21 Å². The van der Waals surface area contributed by atoms with Crippen molar-refractivity contribution in [2.75, 3.05) is 0 Å². The highest BCUT2D eigenvalue weighted by atomic mass is 35.5. The second-order valence-corrected chi connectivity index (χ2v) is 8.09. The third-order valence-electron chi connectivity index (χ3n) is 4.61. The number of Topliss-reactive ketones (excluding diaryl/α,β-unsaturated/α-hetero) is 1. The van der Waals surface area contributed by atoms with Crippen LogP contribution in [0.5, 0.6) is 0 Å². The largest absolute Gasteiger partial charge is 0.477 e. The number of carbonyl (C=O) groups is 2. The van der Waals surface area contributed by atoms with Gasteiger partial charge in [0.05, 0.1) is 10.7 Å². The van der Waals surface area contributed by atoms with Crippen molar-refractivity contribution >= 4 is 40.9 Å². The van der Waals surface area contributed by atoms with Crippen LogP contribution in [0.15, 0.2) is 71.2 Å². The first-order chi connectivity index (χ1) is 13.9. The molecule has 4 rings (SSSR count). The number of aromatic carboxylic acids is 1. The Morgan fingerprint density at radius 2 is 1.76 bits per heavy atom. The van der Waals surface area contributed by atoms with Gasteiger partial charge in [-0.15, -0.1) is 11.3 Å². The maximum Gasteiger partial charge on any atom is 0.347 e. The van der Waals surface area contributed by atoms with E-state index in [0.717, 1.165) is 16.9 Å². The molecule has 1 aliphatic heterocycles. The third kappa shape index (κ3) is 3.52. The summed E-state index contributed by atoms with van der Waals surface area (Å²) in [7, 11) is 0. The molecule has 0 radical (unpaired) electrons. The molecule has 2 aromatic carbocycles. The number of aromatic nitrogens is 1. The molecule has 0 aliphatic carbocycles. The first kappa shape index (κ1) is 19.2. The lowest BCUT2D eigenvalue weighted by Gasteiger charge is -2.16. The molecule has 0 bridgehead atoms. The number of carbonyl (C=O) groups excluding carboxylic acids is 1. The van der Waals surface area contributed by atoms with Crippen molar-refractivity contribution in [1.29, 1.82) is 0 Å². The molecule has 7 heteroatoms. The average Bonchev–Trinajstić information content (AvgIpc) is 3.34. The molecule has 1 aliphatic rings. The Hall–Kier alpha value is -3.09. The van der Waals surface area contributed by atoms with Gasteiger partial charge in [0.2, 0.25) is 0 Å². The van der Waals surface area contributed by atoms with Gasteiger partial charge in [-0.2, -0.15) is 0 Å². The zero-order valence-corrected chi connectivity index (χ0v) is 16.9. The van der Waals surface area contributed by atoms with Gasteiger partial charge in [0, 0.05) is 22.9 Å². The third-order valence-corrected chi connectivity index (χ3v) is 6.03.